The van der Waals surface area contributed by atoms with Crippen LogP contribution in [0.5, 0.6) is 0 Å². The molecule has 0 spiro atoms. The molecular weight excluding hydrogens is 144 g/mol. The third-order valence-electron chi connectivity index (χ3n) is 0.926. The van der Waals surface area contributed by atoms with Crippen molar-refractivity contribution in [1.82, 2.24) is 0 Å². The fourth-order valence-electron chi connectivity index (χ4n) is 0.525. The van der Waals surface area contributed by atoms with Crippen LogP contribution in [0.4, 0.5) is 0 Å². The number of rotatable bonds is 4. The largest absolute Gasteiger partial charge is 0.378 e. The molecule has 0 aliphatic heterocycles. The molecule has 0 saturated heterocycles. The molecule has 0 aromatic carbocycles. The van der Waals surface area contributed by atoms with Crippen LogP contribution < -0.4 is 0 Å². The SMILES string of the molecule is CC=CC(=O)CC=CC([O])=O. The van der Waals surface area contributed by atoms with Gasteiger partial charge < -0.3 is 0 Å². The van der Waals surface area contributed by atoms with Gasteiger partial charge in [0.1, 0.15) is 0 Å². The summed E-state index contributed by atoms with van der Waals surface area (Å²) in [6.45, 7) is 1.72. The van der Waals surface area contributed by atoms with Crippen molar-refractivity contribution in [2.45, 2.75) is 13.3 Å². The van der Waals surface area contributed by atoms with E-state index in [2.05, 4.69) is 0 Å². The molecule has 3 nitrogen and oxygen atoms in total. The minimum absolute atomic E-state index is 0.109. The van der Waals surface area contributed by atoms with Gasteiger partial charge in [-0.25, -0.2) is 9.90 Å². The van der Waals surface area contributed by atoms with Crippen LogP contribution >= 0.6 is 0 Å². The van der Waals surface area contributed by atoms with E-state index in [4.69, 9.17) is 0 Å². The summed E-state index contributed by atoms with van der Waals surface area (Å²) in [4.78, 5) is 20.5. The molecule has 0 aromatic heterocycles. The first-order chi connectivity index (χ1) is 5.16. The number of carbonyl (C=O) groups excluding carboxylic acids is 2. The van der Waals surface area contributed by atoms with Gasteiger partial charge in [0.2, 0.25) is 0 Å². The van der Waals surface area contributed by atoms with E-state index < -0.39 is 5.97 Å². The van der Waals surface area contributed by atoms with E-state index >= 15 is 0 Å². The number of allylic oxidation sites excluding steroid dienone is 3. The molecule has 0 aliphatic rings. The van der Waals surface area contributed by atoms with Gasteiger partial charge in [-0.3, -0.25) is 4.79 Å². The molecule has 0 unspecified atom stereocenters. The molecular formula is C8H9O3. The summed E-state index contributed by atoms with van der Waals surface area (Å²) in [7, 11) is 0. The molecule has 0 atom stereocenters. The molecule has 0 aliphatic carbocycles. The van der Waals surface area contributed by atoms with Crippen LogP contribution in [-0.4, -0.2) is 11.8 Å². The van der Waals surface area contributed by atoms with Crippen LogP contribution in [0, 0.1) is 0 Å². The van der Waals surface area contributed by atoms with Gasteiger partial charge in [-0.15, -0.1) is 0 Å². The van der Waals surface area contributed by atoms with Gasteiger partial charge in [-0.05, 0) is 13.0 Å². The summed E-state index contributed by atoms with van der Waals surface area (Å²) in [6.07, 6.45) is 5.21. The Bertz CT molecular complexity index is 201. The van der Waals surface area contributed by atoms with E-state index in [1.54, 1.807) is 13.0 Å². The van der Waals surface area contributed by atoms with Crippen molar-refractivity contribution < 1.29 is 14.7 Å². The lowest BCUT2D eigenvalue weighted by molar-refractivity contribution is -0.137. The Hall–Kier alpha value is -1.38. The van der Waals surface area contributed by atoms with Crippen molar-refractivity contribution in [2.24, 2.45) is 0 Å². The second kappa shape index (κ2) is 5.41. The molecule has 0 aromatic rings. The smallest absolute Gasteiger partial charge is 0.295 e. The van der Waals surface area contributed by atoms with Gasteiger partial charge >= 0.3 is 5.97 Å². The molecule has 0 heterocycles. The number of ketones is 1. The highest BCUT2D eigenvalue weighted by Gasteiger charge is 1.92. The zero-order chi connectivity index (χ0) is 8.69. The van der Waals surface area contributed by atoms with Crippen molar-refractivity contribution >= 4 is 11.8 Å². The Labute approximate surface area is 65.0 Å². The molecule has 0 saturated carbocycles. The van der Waals surface area contributed by atoms with Crippen LogP contribution in [0.3, 0.4) is 0 Å². The summed E-state index contributed by atoms with van der Waals surface area (Å²) >= 11 is 0. The van der Waals surface area contributed by atoms with Crippen molar-refractivity contribution in [1.29, 1.82) is 0 Å². The minimum atomic E-state index is -1.28. The van der Waals surface area contributed by atoms with Crippen LogP contribution in [0.25, 0.3) is 0 Å². The number of hydrogen-bond acceptors (Lipinski definition) is 2. The molecule has 11 heavy (non-hydrogen) atoms. The summed E-state index contributed by atoms with van der Waals surface area (Å²) in [5, 5.41) is 9.81. The Morgan fingerprint density at radius 1 is 1.27 bits per heavy atom. The highest BCUT2D eigenvalue weighted by molar-refractivity contribution is 5.91. The maximum atomic E-state index is 10.7. The first-order valence-electron chi connectivity index (χ1n) is 3.20. The molecule has 1 radical (unpaired) electrons. The number of hydrogen-bond donors (Lipinski definition) is 0. The lowest BCUT2D eigenvalue weighted by atomic mass is 10.2. The normalized spacial score (nSPS) is 11.0. The van der Waals surface area contributed by atoms with E-state index in [1.807, 2.05) is 0 Å². The van der Waals surface area contributed by atoms with E-state index in [0.29, 0.717) is 0 Å². The van der Waals surface area contributed by atoms with Gasteiger partial charge in [-0.1, -0.05) is 12.2 Å². The first kappa shape index (κ1) is 9.62. The van der Waals surface area contributed by atoms with E-state index in [9.17, 15) is 14.7 Å². The van der Waals surface area contributed by atoms with Gasteiger partial charge in [0, 0.05) is 12.5 Å². The average Bonchev–Trinajstić information content (AvgIpc) is 1.87. The zero-order valence-corrected chi connectivity index (χ0v) is 6.24. The van der Waals surface area contributed by atoms with Crippen LogP contribution in [0.2, 0.25) is 0 Å². The lowest BCUT2D eigenvalue weighted by Gasteiger charge is -1.82. The molecule has 0 amide bonds. The summed E-state index contributed by atoms with van der Waals surface area (Å²) < 4.78 is 0. The van der Waals surface area contributed by atoms with Crippen molar-refractivity contribution in [2.75, 3.05) is 0 Å². The fraction of sp³-hybridized carbons (Fsp3) is 0.250. The molecule has 3 heteroatoms. The Morgan fingerprint density at radius 2 is 1.91 bits per heavy atom. The van der Waals surface area contributed by atoms with Gasteiger partial charge in [0.15, 0.2) is 5.78 Å². The average molecular weight is 153 g/mol. The highest BCUT2D eigenvalue weighted by atomic mass is 16.4. The Balaban J connectivity index is 3.70. The monoisotopic (exact) mass is 153 g/mol. The predicted molar refractivity (Wildman–Crippen MR) is 39.3 cm³/mol. The molecule has 0 bridgehead atoms. The third-order valence-corrected chi connectivity index (χ3v) is 0.926. The highest BCUT2D eigenvalue weighted by Crippen LogP contribution is 1.87. The van der Waals surface area contributed by atoms with Gasteiger partial charge in [0.25, 0.3) is 0 Å². The molecule has 0 rings (SSSR count). The standard InChI is InChI=1S/C8H9O3/c1-2-4-7(9)5-3-6-8(10)11/h2-4,6H,5H2,1H3. The van der Waals surface area contributed by atoms with Crippen molar-refractivity contribution in [3.05, 3.63) is 24.3 Å². The quantitative estimate of drug-likeness (QED) is 0.566. The maximum Gasteiger partial charge on any atom is 0.378 e. The Kier molecular flexibility index (Phi) is 4.73. The van der Waals surface area contributed by atoms with Gasteiger partial charge in [0.05, 0.1) is 0 Å². The minimum Gasteiger partial charge on any atom is -0.295 e. The van der Waals surface area contributed by atoms with E-state index in [0.717, 1.165) is 6.08 Å². The first-order valence-corrected chi connectivity index (χ1v) is 3.20. The molecule has 0 fully saturated rings. The van der Waals surface area contributed by atoms with E-state index in [-0.39, 0.29) is 12.2 Å². The summed E-state index contributed by atoms with van der Waals surface area (Å²) in [5.74, 6) is -1.40. The molecule has 0 N–H and O–H groups in total. The molecule has 59 valence electrons. The lowest BCUT2D eigenvalue weighted by Crippen LogP contribution is -1.90. The Morgan fingerprint density at radius 3 is 2.36 bits per heavy atom. The second-order valence-electron chi connectivity index (χ2n) is 1.89. The second-order valence-corrected chi connectivity index (χ2v) is 1.89. The van der Waals surface area contributed by atoms with Crippen LogP contribution in [-0.2, 0) is 14.7 Å². The zero-order valence-electron chi connectivity index (χ0n) is 6.24. The van der Waals surface area contributed by atoms with Crippen molar-refractivity contribution in [3.8, 4) is 0 Å². The van der Waals surface area contributed by atoms with Crippen LogP contribution in [0.1, 0.15) is 13.3 Å². The third kappa shape index (κ3) is 6.51. The maximum absolute atomic E-state index is 10.7. The fourth-order valence-corrected chi connectivity index (χ4v) is 0.525. The van der Waals surface area contributed by atoms with Crippen LogP contribution in [0.15, 0.2) is 24.3 Å². The van der Waals surface area contributed by atoms with Gasteiger partial charge in [-0.2, -0.15) is 0 Å². The van der Waals surface area contributed by atoms with Crippen molar-refractivity contribution in [3.63, 3.8) is 0 Å². The van der Waals surface area contributed by atoms with E-state index in [1.165, 1.54) is 12.2 Å². The topological polar surface area (TPSA) is 54.0 Å². The summed E-state index contributed by atoms with van der Waals surface area (Å²) in [6, 6.07) is 0. The number of carbonyl (C=O) groups is 2. The predicted octanol–water partition coefficient (Wildman–Crippen LogP) is 1.03. The summed E-state index contributed by atoms with van der Waals surface area (Å²) in [5.41, 5.74) is 0.